The summed E-state index contributed by atoms with van der Waals surface area (Å²) in [7, 11) is 0. The maximum Gasteiger partial charge on any atom is 0.293 e. The molecule has 1 amide bonds. The molecule has 4 aromatic rings. The van der Waals surface area contributed by atoms with E-state index in [0.717, 1.165) is 21.9 Å². The van der Waals surface area contributed by atoms with E-state index in [1.165, 1.54) is 12.1 Å². The molecule has 1 heterocycles. The third-order valence-corrected chi connectivity index (χ3v) is 5.16. The zero-order valence-electron chi connectivity index (χ0n) is 16.1. The Morgan fingerprint density at radius 2 is 1.87 bits per heavy atom. The predicted molar refractivity (Wildman–Crippen MR) is 121 cm³/mol. The number of hydrogen-bond acceptors (Lipinski definition) is 5. The molecule has 0 spiro atoms. The van der Waals surface area contributed by atoms with Gasteiger partial charge in [-0.25, -0.2) is 5.43 Å². The Morgan fingerprint density at radius 3 is 2.61 bits per heavy atom. The lowest BCUT2D eigenvalue weighted by atomic mass is 10.1. The van der Waals surface area contributed by atoms with Gasteiger partial charge in [-0.2, -0.15) is 10.2 Å². The van der Waals surface area contributed by atoms with Crippen LogP contribution in [0.15, 0.2) is 82.5 Å². The molecule has 8 nitrogen and oxygen atoms in total. The number of hydrazone groups is 1. The highest BCUT2D eigenvalue weighted by Crippen LogP contribution is 2.18. The number of non-ortho nitro benzene ring substituents is 1. The van der Waals surface area contributed by atoms with Gasteiger partial charge in [0.05, 0.1) is 22.2 Å². The Labute approximate surface area is 185 Å². The maximum absolute atomic E-state index is 12.4. The second kappa shape index (κ2) is 8.88. The second-order valence-electron chi connectivity index (χ2n) is 6.75. The number of halogens is 1. The number of nitrogens with one attached hydrogen (secondary N) is 1. The lowest BCUT2D eigenvalue weighted by molar-refractivity contribution is -0.384. The molecule has 0 aliphatic rings. The normalized spacial score (nSPS) is 11.1. The molecule has 0 atom stereocenters. The fraction of sp³-hybridized carbons (Fsp3) is 0.0455. The van der Waals surface area contributed by atoms with Crippen molar-refractivity contribution in [2.75, 3.05) is 0 Å². The van der Waals surface area contributed by atoms with Crippen molar-refractivity contribution in [1.82, 2.24) is 15.2 Å². The SMILES string of the molecule is O=C(N/N=C\c1ccc2ccccc2c1)c1nn(Cc2ccc([N+](=O)[O-])cc2)cc1Br. The molecule has 0 aliphatic heterocycles. The Hall–Kier alpha value is -3.85. The number of aromatic nitrogens is 2. The summed E-state index contributed by atoms with van der Waals surface area (Å²) < 4.78 is 2.10. The van der Waals surface area contributed by atoms with Crippen LogP contribution in [0.1, 0.15) is 21.6 Å². The zero-order chi connectivity index (χ0) is 21.8. The quantitative estimate of drug-likeness (QED) is 0.250. The molecule has 0 saturated carbocycles. The summed E-state index contributed by atoms with van der Waals surface area (Å²) >= 11 is 3.34. The summed E-state index contributed by atoms with van der Waals surface area (Å²) in [4.78, 5) is 22.8. The molecule has 31 heavy (non-hydrogen) atoms. The van der Waals surface area contributed by atoms with Crippen molar-refractivity contribution >= 4 is 44.5 Å². The van der Waals surface area contributed by atoms with Gasteiger partial charge in [-0.05, 0) is 43.9 Å². The summed E-state index contributed by atoms with van der Waals surface area (Å²) in [5.74, 6) is -0.452. The summed E-state index contributed by atoms with van der Waals surface area (Å²) in [6, 6.07) is 20.1. The van der Waals surface area contributed by atoms with Crippen LogP contribution in [-0.2, 0) is 6.54 Å². The van der Waals surface area contributed by atoms with E-state index in [1.54, 1.807) is 29.2 Å². The Morgan fingerprint density at radius 1 is 1.13 bits per heavy atom. The van der Waals surface area contributed by atoms with Gasteiger partial charge in [0.25, 0.3) is 11.6 Å². The minimum Gasteiger partial charge on any atom is -0.266 e. The molecule has 0 fully saturated rings. The van der Waals surface area contributed by atoms with Crippen LogP contribution >= 0.6 is 15.9 Å². The predicted octanol–water partition coefficient (Wildman–Crippen LogP) is 4.52. The molecule has 4 rings (SSSR count). The van der Waals surface area contributed by atoms with Crippen LogP contribution in [-0.4, -0.2) is 26.8 Å². The third-order valence-electron chi connectivity index (χ3n) is 4.58. The molecule has 1 aromatic heterocycles. The number of carbonyl (C=O) groups is 1. The molecular formula is C22H16BrN5O3. The van der Waals surface area contributed by atoms with Gasteiger partial charge in [-0.1, -0.05) is 48.5 Å². The average molecular weight is 478 g/mol. The van der Waals surface area contributed by atoms with E-state index >= 15 is 0 Å². The first-order chi connectivity index (χ1) is 15.0. The number of nitro groups is 1. The van der Waals surface area contributed by atoms with Gasteiger partial charge in [-0.15, -0.1) is 0 Å². The van der Waals surface area contributed by atoms with Crippen LogP contribution in [0.5, 0.6) is 0 Å². The lowest BCUT2D eigenvalue weighted by Gasteiger charge is -2.01. The minimum atomic E-state index is -0.452. The van der Waals surface area contributed by atoms with Crippen LogP contribution in [0.4, 0.5) is 5.69 Å². The van der Waals surface area contributed by atoms with Crippen LogP contribution in [0.25, 0.3) is 10.8 Å². The van der Waals surface area contributed by atoms with Gasteiger partial charge in [0.2, 0.25) is 0 Å². The van der Waals surface area contributed by atoms with Gasteiger partial charge in [0.1, 0.15) is 0 Å². The van der Waals surface area contributed by atoms with Crippen molar-refractivity contribution in [3.8, 4) is 0 Å². The molecule has 0 aliphatic carbocycles. The first-order valence-corrected chi connectivity index (χ1v) is 10.1. The average Bonchev–Trinajstić information content (AvgIpc) is 3.14. The fourth-order valence-corrected chi connectivity index (χ4v) is 3.54. The van der Waals surface area contributed by atoms with Crippen molar-refractivity contribution in [3.63, 3.8) is 0 Å². The first-order valence-electron chi connectivity index (χ1n) is 9.28. The van der Waals surface area contributed by atoms with E-state index in [9.17, 15) is 14.9 Å². The number of carbonyl (C=O) groups excluding carboxylic acids is 1. The number of nitrogens with zero attached hydrogens (tertiary/aromatic N) is 4. The van der Waals surface area contributed by atoms with Gasteiger partial charge in [-0.3, -0.25) is 19.6 Å². The highest BCUT2D eigenvalue weighted by molar-refractivity contribution is 9.10. The van der Waals surface area contributed by atoms with Gasteiger partial charge in [0, 0.05) is 18.3 Å². The summed E-state index contributed by atoms with van der Waals surface area (Å²) in [5.41, 5.74) is 4.38. The highest BCUT2D eigenvalue weighted by Gasteiger charge is 2.15. The van der Waals surface area contributed by atoms with Crippen LogP contribution in [0.2, 0.25) is 0 Å². The topological polar surface area (TPSA) is 102 Å². The van der Waals surface area contributed by atoms with Crippen molar-refractivity contribution in [2.24, 2.45) is 5.10 Å². The van der Waals surface area contributed by atoms with E-state index in [0.29, 0.717) is 11.0 Å². The molecule has 0 radical (unpaired) electrons. The van der Waals surface area contributed by atoms with E-state index in [1.807, 2.05) is 42.5 Å². The Kier molecular flexibility index (Phi) is 5.85. The van der Waals surface area contributed by atoms with Crippen LogP contribution in [0, 0.1) is 10.1 Å². The van der Waals surface area contributed by atoms with E-state index < -0.39 is 10.8 Å². The van der Waals surface area contributed by atoms with Crippen molar-refractivity contribution in [1.29, 1.82) is 0 Å². The Bertz CT molecular complexity index is 1300. The molecule has 1 N–H and O–H groups in total. The molecule has 154 valence electrons. The fourth-order valence-electron chi connectivity index (χ4n) is 3.05. The first kappa shape index (κ1) is 20.4. The Balaban J connectivity index is 1.41. The van der Waals surface area contributed by atoms with E-state index in [-0.39, 0.29) is 11.4 Å². The van der Waals surface area contributed by atoms with Gasteiger partial charge < -0.3 is 0 Å². The summed E-state index contributed by atoms with van der Waals surface area (Å²) in [6.45, 7) is 0.365. The van der Waals surface area contributed by atoms with Crippen LogP contribution in [0.3, 0.4) is 0 Å². The van der Waals surface area contributed by atoms with Crippen molar-refractivity contribution in [2.45, 2.75) is 6.54 Å². The summed E-state index contributed by atoms with van der Waals surface area (Å²) in [5, 5.41) is 21.3. The largest absolute Gasteiger partial charge is 0.293 e. The standard InChI is InChI=1S/C22H16BrN5O3/c23-20-14-27(13-15-6-9-19(10-7-15)28(30)31)26-21(20)22(29)25-24-12-16-5-8-17-3-1-2-4-18(17)11-16/h1-12,14H,13H2,(H,25,29)/b24-12-. The monoisotopic (exact) mass is 477 g/mol. The number of nitro benzene ring substituents is 1. The molecule has 0 bridgehead atoms. The molecule has 0 saturated heterocycles. The summed E-state index contributed by atoms with van der Waals surface area (Å²) in [6.07, 6.45) is 3.25. The zero-order valence-corrected chi connectivity index (χ0v) is 17.7. The number of benzene rings is 3. The number of amides is 1. The lowest BCUT2D eigenvalue weighted by Crippen LogP contribution is -2.19. The van der Waals surface area contributed by atoms with E-state index in [4.69, 9.17) is 0 Å². The van der Waals surface area contributed by atoms with Gasteiger partial charge >= 0.3 is 0 Å². The van der Waals surface area contributed by atoms with Crippen molar-refractivity contribution < 1.29 is 9.72 Å². The molecule has 0 unspecified atom stereocenters. The third kappa shape index (κ3) is 4.84. The van der Waals surface area contributed by atoms with Gasteiger partial charge in [0.15, 0.2) is 5.69 Å². The highest BCUT2D eigenvalue weighted by atomic mass is 79.9. The van der Waals surface area contributed by atoms with Crippen molar-refractivity contribution in [3.05, 3.63) is 104 Å². The van der Waals surface area contributed by atoms with Crippen LogP contribution < -0.4 is 5.43 Å². The van der Waals surface area contributed by atoms with E-state index in [2.05, 4.69) is 31.6 Å². The number of hydrogen-bond donors (Lipinski definition) is 1. The maximum atomic E-state index is 12.4. The molecule has 3 aromatic carbocycles. The molecular weight excluding hydrogens is 462 g/mol. The smallest absolute Gasteiger partial charge is 0.266 e. The molecule has 9 heteroatoms. The number of rotatable bonds is 6. The second-order valence-corrected chi connectivity index (χ2v) is 7.61. The number of fused-ring (bicyclic) bond motifs is 1. The minimum absolute atomic E-state index is 0.0229.